The molecule has 1 aromatic carbocycles. The van der Waals surface area contributed by atoms with Gasteiger partial charge in [-0.25, -0.2) is 8.78 Å². The summed E-state index contributed by atoms with van der Waals surface area (Å²) in [5.41, 5.74) is -0.998. The minimum absolute atomic E-state index is 0.250. The van der Waals surface area contributed by atoms with Crippen LogP contribution in [0.1, 0.15) is 30.1 Å². The highest BCUT2D eigenvalue weighted by Crippen LogP contribution is 2.31. The molecule has 0 N–H and O–H groups in total. The highest BCUT2D eigenvalue weighted by molar-refractivity contribution is 9.10. The van der Waals surface area contributed by atoms with E-state index < -0.39 is 28.5 Å². The maximum atomic E-state index is 13.8. The molecule has 0 spiro atoms. The number of carbonyl (C=O) groups is 1. The van der Waals surface area contributed by atoms with Gasteiger partial charge in [0.2, 0.25) is 0 Å². The molecule has 0 aromatic heterocycles. The molecular weight excluding hydrogens is 330 g/mol. The third-order valence-corrected chi connectivity index (χ3v) is 4.10. The van der Waals surface area contributed by atoms with Crippen molar-refractivity contribution in [3.63, 3.8) is 0 Å². The first-order chi connectivity index (χ1) is 9.36. The Morgan fingerprint density at radius 1 is 1.35 bits per heavy atom. The number of hydrogen-bond acceptors (Lipinski definition) is 2. The third kappa shape index (κ3) is 2.83. The van der Waals surface area contributed by atoms with Crippen LogP contribution in [0.4, 0.5) is 8.78 Å². The van der Waals surface area contributed by atoms with Gasteiger partial charge in [0.05, 0.1) is 11.5 Å². The van der Waals surface area contributed by atoms with Crippen LogP contribution in [0.15, 0.2) is 16.6 Å². The van der Waals surface area contributed by atoms with Crippen LogP contribution in [0.5, 0.6) is 0 Å². The second-order valence-corrected chi connectivity index (χ2v) is 6.12. The molecule has 0 radical (unpaired) electrons. The van der Waals surface area contributed by atoms with E-state index in [9.17, 15) is 13.6 Å². The number of rotatable bonds is 1. The van der Waals surface area contributed by atoms with Crippen LogP contribution in [0.3, 0.4) is 0 Å². The van der Waals surface area contributed by atoms with E-state index >= 15 is 0 Å². The lowest BCUT2D eigenvalue weighted by Crippen LogP contribution is -2.42. The number of hydrogen-bond donors (Lipinski definition) is 0. The molecule has 0 aliphatic carbocycles. The molecule has 6 heteroatoms. The van der Waals surface area contributed by atoms with E-state index in [1.54, 1.807) is 0 Å². The van der Waals surface area contributed by atoms with Crippen LogP contribution in [0.25, 0.3) is 0 Å². The van der Waals surface area contributed by atoms with Gasteiger partial charge in [0.25, 0.3) is 5.91 Å². The summed E-state index contributed by atoms with van der Waals surface area (Å²) in [5.74, 6) is -2.42. The molecule has 2 rings (SSSR count). The number of amides is 1. The van der Waals surface area contributed by atoms with Crippen molar-refractivity contribution in [2.24, 2.45) is 5.41 Å². The van der Waals surface area contributed by atoms with Crippen LogP contribution in [0.2, 0.25) is 0 Å². The van der Waals surface area contributed by atoms with E-state index in [4.69, 9.17) is 5.26 Å². The average Bonchev–Trinajstić information content (AvgIpc) is 2.38. The number of benzene rings is 1. The standard InChI is InChI=1S/C14H13BrF2N2O/c1-14(8-18)2-4-19(5-3-14)13(20)12-10(16)6-9(15)7-11(12)17/h6-7H,2-5H2,1H3. The van der Waals surface area contributed by atoms with E-state index in [-0.39, 0.29) is 4.47 Å². The van der Waals surface area contributed by atoms with Gasteiger partial charge in [0.1, 0.15) is 17.2 Å². The first-order valence-electron chi connectivity index (χ1n) is 6.21. The highest BCUT2D eigenvalue weighted by Gasteiger charge is 2.33. The van der Waals surface area contributed by atoms with Crippen molar-refractivity contribution < 1.29 is 13.6 Å². The zero-order valence-corrected chi connectivity index (χ0v) is 12.5. The number of nitriles is 1. The van der Waals surface area contributed by atoms with Gasteiger partial charge in [0, 0.05) is 17.6 Å². The third-order valence-electron chi connectivity index (χ3n) is 3.64. The molecule has 106 valence electrons. The number of piperidine rings is 1. The summed E-state index contributed by atoms with van der Waals surface area (Å²) >= 11 is 2.98. The van der Waals surface area contributed by atoms with E-state index in [0.29, 0.717) is 25.9 Å². The van der Waals surface area contributed by atoms with Crippen molar-refractivity contribution in [1.82, 2.24) is 4.90 Å². The lowest BCUT2D eigenvalue weighted by Gasteiger charge is -2.35. The molecule has 3 nitrogen and oxygen atoms in total. The average molecular weight is 343 g/mol. The van der Waals surface area contributed by atoms with Crippen molar-refractivity contribution in [3.05, 3.63) is 33.8 Å². The first kappa shape index (κ1) is 14.9. The van der Waals surface area contributed by atoms with Crippen LogP contribution < -0.4 is 0 Å². The highest BCUT2D eigenvalue weighted by atomic mass is 79.9. The lowest BCUT2D eigenvalue weighted by molar-refractivity contribution is 0.0652. The Morgan fingerprint density at radius 2 is 1.85 bits per heavy atom. The van der Waals surface area contributed by atoms with Crippen LogP contribution in [-0.2, 0) is 0 Å². The van der Waals surface area contributed by atoms with E-state index in [0.717, 1.165) is 12.1 Å². The quantitative estimate of drug-likeness (QED) is 0.784. The Kier molecular flexibility index (Phi) is 4.09. The summed E-state index contributed by atoms with van der Waals surface area (Å²) in [4.78, 5) is 13.6. The van der Waals surface area contributed by atoms with E-state index in [1.807, 2.05) is 6.92 Å². The van der Waals surface area contributed by atoms with Crippen molar-refractivity contribution in [2.75, 3.05) is 13.1 Å². The molecule has 1 amide bonds. The zero-order chi connectivity index (χ0) is 14.9. The fourth-order valence-electron chi connectivity index (χ4n) is 2.22. The molecular formula is C14H13BrF2N2O. The fraction of sp³-hybridized carbons (Fsp3) is 0.429. The Bertz CT molecular complexity index is 566. The number of nitrogens with zero attached hydrogens (tertiary/aromatic N) is 2. The molecule has 0 atom stereocenters. The maximum absolute atomic E-state index is 13.8. The van der Waals surface area contributed by atoms with Crippen molar-refractivity contribution in [2.45, 2.75) is 19.8 Å². The summed E-state index contributed by atoms with van der Waals surface area (Å²) in [6, 6.07) is 4.36. The van der Waals surface area contributed by atoms with Gasteiger partial charge >= 0.3 is 0 Å². The van der Waals surface area contributed by atoms with Gasteiger partial charge in [0.15, 0.2) is 0 Å². The van der Waals surface area contributed by atoms with Gasteiger partial charge < -0.3 is 4.90 Å². The minimum Gasteiger partial charge on any atom is -0.338 e. The number of halogens is 3. The Morgan fingerprint density at radius 3 is 2.30 bits per heavy atom. The fourth-order valence-corrected chi connectivity index (χ4v) is 2.62. The molecule has 1 aromatic rings. The zero-order valence-electron chi connectivity index (χ0n) is 10.9. The molecule has 20 heavy (non-hydrogen) atoms. The summed E-state index contributed by atoms with van der Waals surface area (Å²) in [6.07, 6.45) is 1.02. The lowest BCUT2D eigenvalue weighted by atomic mass is 9.82. The van der Waals surface area contributed by atoms with Crippen molar-refractivity contribution in [3.8, 4) is 6.07 Å². The molecule has 1 saturated heterocycles. The van der Waals surface area contributed by atoms with Crippen LogP contribution in [0, 0.1) is 28.4 Å². The van der Waals surface area contributed by atoms with Crippen LogP contribution in [-0.4, -0.2) is 23.9 Å². The summed E-state index contributed by atoms with van der Waals surface area (Å²) in [6.45, 7) is 2.49. The second-order valence-electron chi connectivity index (χ2n) is 5.21. The topological polar surface area (TPSA) is 44.1 Å². The molecule has 1 fully saturated rings. The monoisotopic (exact) mass is 342 g/mol. The summed E-state index contributed by atoms with van der Waals surface area (Å²) in [7, 11) is 0. The molecule has 0 saturated carbocycles. The molecule has 1 aliphatic heterocycles. The first-order valence-corrected chi connectivity index (χ1v) is 7.01. The van der Waals surface area contributed by atoms with Gasteiger partial charge in [-0.05, 0) is 31.9 Å². The smallest absolute Gasteiger partial charge is 0.259 e. The van der Waals surface area contributed by atoms with Gasteiger partial charge in [-0.15, -0.1) is 0 Å². The van der Waals surface area contributed by atoms with Gasteiger partial charge in [-0.2, -0.15) is 5.26 Å². The maximum Gasteiger partial charge on any atom is 0.259 e. The van der Waals surface area contributed by atoms with Crippen LogP contribution >= 0.6 is 15.9 Å². The van der Waals surface area contributed by atoms with Crippen molar-refractivity contribution in [1.29, 1.82) is 5.26 Å². The Balaban J connectivity index is 2.20. The summed E-state index contributed by atoms with van der Waals surface area (Å²) in [5, 5.41) is 9.03. The predicted molar refractivity (Wildman–Crippen MR) is 72.9 cm³/mol. The largest absolute Gasteiger partial charge is 0.338 e. The normalized spacial score (nSPS) is 17.6. The Hall–Kier alpha value is -1.48. The van der Waals surface area contributed by atoms with E-state index in [2.05, 4.69) is 22.0 Å². The predicted octanol–water partition coefficient (Wildman–Crippen LogP) is 3.49. The summed E-state index contributed by atoms with van der Waals surface area (Å²) < 4.78 is 27.8. The molecule has 0 bridgehead atoms. The molecule has 1 aliphatic rings. The van der Waals surface area contributed by atoms with E-state index in [1.165, 1.54) is 4.90 Å². The number of carbonyl (C=O) groups excluding carboxylic acids is 1. The van der Waals surface area contributed by atoms with Gasteiger partial charge in [-0.1, -0.05) is 15.9 Å². The molecule has 0 unspecified atom stereocenters. The minimum atomic E-state index is -0.879. The Labute approximate surface area is 124 Å². The van der Waals surface area contributed by atoms with Crippen molar-refractivity contribution >= 4 is 21.8 Å². The second kappa shape index (κ2) is 5.49. The number of likely N-dealkylation sites (tertiary alicyclic amines) is 1. The molecule has 1 heterocycles. The van der Waals surface area contributed by atoms with Gasteiger partial charge in [-0.3, -0.25) is 4.79 Å². The SMILES string of the molecule is CC1(C#N)CCN(C(=O)c2c(F)cc(Br)cc2F)CC1.